The fraction of sp³-hybridized carbons (Fsp3) is 0.105. The van der Waals surface area contributed by atoms with Gasteiger partial charge in [0.2, 0.25) is 10.0 Å². The Morgan fingerprint density at radius 3 is 1.81 bits per heavy atom. The van der Waals surface area contributed by atoms with Crippen molar-refractivity contribution < 1.29 is 8.42 Å². The molecule has 0 saturated heterocycles. The molecule has 3 aromatic rings. The first-order valence-electron chi connectivity index (χ1n) is 7.78. The van der Waals surface area contributed by atoms with Gasteiger partial charge in [0.05, 0.1) is 10.9 Å². The average molecular weight is 407 g/mol. The molecule has 0 radical (unpaired) electrons. The van der Waals surface area contributed by atoms with Gasteiger partial charge in [0.1, 0.15) is 0 Å². The molecule has 1 unspecified atom stereocenters. The van der Waals surface area contributed by atoms with E-state index in [9.17, 15) is 8.42 Å². The van der Waals surface area contributed by atoms with Crippen LogP contribution in [0.5, 0.6) is 0 Å². The SMILES string of the molecule is CN(C(c1ccncc1)c1ccc(Cl)cc1)S(=O)(=O)c1ccc(Cl)cc1. The van der Waals surface area contributed by atoms with Gasteiger partial charge in [-0.2, -0.15) is 4.31 Å². The van der Waals surface area contributed by atoms with Gasteiger partial charge in [-0.3, -0.25) is 4.98 Å². The molecule has 0 bridgehead atoms. The highest BCUT2D eigenvalue weighted by Crippen LogP contribution is 2.32. The Labute approximate surface area is 163 Å². The second kappa shape index (κ2) is 7.76. The smallest absolute Gasteiger partial charge is 0.243 e. The van der Waals surface area contributed by atoms with Crippen LogP contribution in [0.4, 0.5) is 0 Å². The molecule has 0 saturated carbocycles. The predicted molar refractivity (Wildman–Crippen MR) is 104 cm³/mol. The van der Waals surface area contributed by atoms with Gasteiger partial charge >= 0.3 is 0 Å². The lowest BCUT2D eigenvalue weighted by molar-refractivity contribution is 0.417. The summed E-state index contributed by atoms with van der Waals surface area (Å²) in [6.07, 6.45) is 3.28. The van der Waals surface area contributed by atoms with Gasteiger partial charge < -0.3 is 0 Å². The zero-order valence-corrected chi connectivity index (χ0v) is 16.2. The zero-order valence-electron chi connectivity index (χ0n) is 13.9. The third kappa shape index (κ3) is 3.91. The van der Waals surface area contributed by atoms with E-state index in [2.05, 4.69) is 4.98 Å². The van der Waals surface area contributed by atoms with Crippen molar-refractivity contribution in [3.63, 3.8) is 0 Å². The average Bonchev–Trinajstić information content (AvgIpc) is 2.64. The summed E-state index contributed by atoms with van der Waals surface area (Å²) in [5.74, 6) is 0. The Morgan fingerprint density at radius 2 is 1.27 bits per heavy atom. The van der Waals surface area contributed by atoms with E-state index in [0.717, 1.165) is 11.1 Å². The molecular weight excluding hydrogens is 391 g/mol. The van der Waals surface area contributed by atoms with Crippen LogP contribution < -0.4 is 0 Å². The summed E-state index contributed by atoms with van der Waals surface area (Å²) in [7, 11) is -2.18. The van der Waals surface area contributed by atoms with E-state index in [4.69, 9.17) is 23.2 Å². The van der Waals surface area contributed by atoms with Crippen molar-refractivity contribution in [3.05, 3.63) is 94.2 Å². The van der Waals surface area contributed by atoms with Crippen LogP contribution in [0.25, 0.3) is 0 Å². The lowest BCUT2D eigenvalue weighted by atomic mass is 10.00. The molecule has 134 valence electrons. The molecule has 0 aliphatic heterocycles. The fourth-order valence-electron chi connectivity index (χ4n) is 2.71. The normalized spacial score (nSPS) is 12.9. The summed E-state index contributed by atoms with van der Waals surface area (Å²) < 4.78 is 27.6. The molecule has 1 heterocycles. The zero-order chi connectivity index (χ0) is 18.7. The number of hydrogen-bond acceptors (Lipinski definition) is 3. The van der Waals surface area contributed by atoms with Crippen molar-refractivity contribution in [2.24, 2.45) is 0 Å². The standard InChI is InChI=1S/C19H16Cl2N2O2S/c1-23(26(24,25)18-8-6-17(21)7-9-18)19(15-10-12-22-13-11-15)14-2-4-16(20)5-3-14/h2-13,19H,1H3. The molecule has 0 amide bonds. The van der Waals surface area contributed by atoms with Gasteiger partial charge in [-0.05, 0) is 59.7 Å². The van der Waals surface area contributed by atoms with Gasteiger partial charge in [0.15, 0.2) is 0 Å². The number of hydrogen-bond donors (Lipinski definition) is 0. The van der Waals surface area contributed by atoms with Crippen LogP contribution in [0.3, 0.4) is 0 Å². The van der Waals surface area contributed by atoms with Crippen LogP contribution >= 0.6 is 23.2 Å². The maximum atomic E-state index is 13.1. The van der Waals surface area contributed by atoms with E-state index in [-0.39, 0.29) is 4.90 Å². The topological polar surface area (TPSA) is 50.3 Å². The van der Waals surface area contributed by atoms with Crippen molar-refractivity contribution in [1.82, 2.24) is 9.29 Å². The van der Waals surface area contributed by atoms with Crippen LogP contribution in [-0.2, 0) is 10.0 Å². The van der Waals surface area contributed by atoms with E-state index in [1.54, 1.807) is 55.8 Å². The van der Waals surface area contributed by atoms with E-state index in [1.165, 1.54) is 16.4 Å². The molecule has 0 aliphatic rings. The van der Waals surface area contributed by atoms with Crippen molar-refractivity contribution in [3.8, 4) is 0 Å². The van der Waals surface area contributed by atoms with Crippen LogP contribution in [0.15, 0.2) is 78.0 Å². The molecule has 7 heteroatoms. The monoisotopic (exact) mass is 406 g/mol. The van der Waals surface area contributed by atoms with Gasteiger partial charge in [-0.25, -0.2) is 8.42 Å². The highest BCUT2D eigenvalue weighted by atomic mass is 35.5. The summed E-state index contributed by atoms with van der Waals surface area (Å²) in [4.78, 5) is 4.20. The molecule has 4 nitrogen and oxygen atoms in total. The quantitative estimate of drug-likeness (QED) is 0.611. The largest absolute Gasteiger partial charge is 0.265 e. The second-order valence-electron chi connectivity index (χ2n) is 5.71. The number of halogens is 2. The molecule has 1 aromatic heterocycles. The summed E-state index contributed by atoms with van der Waals surface area (Å²) in [5, 5.41) is 1.07. The third-order valence-electron chi connectivity index (χ3n) is 4.06. The van der Waals surface area contributed by atoms with Crippen LogP contribution in [0, 0.1) is 0 Å². The van der Waals surface area contributed by atoms with E-state index < -0.39 is 16.1 Å². The lowest BCUT2D eigenvalue weighted by Gasteiger charge is -2.28. The molecule has 0 spiro atoms. The minimum atomic E-state index is -3.74. The van der Waals surface area contributed by atoms with E-state index in [0.29, 0.717) is 10.0 Å². The highest BCUT2D eigenvalue weighted by Gasteiger charge is 2.30. The number of aromatic nitrogens is 1. The van der Waals surface area contributed by atoms with Gasteiger partial charge in [-0.15, -0.1) is 0 Å². The summed E-state index contributed by atoms with van der Waals surface area (Å²) in [6.45, 7) is 0. The molecule has 1 atom stereocenters. The lowest BCUT2D eigenvalue weighted by Crippen LogP contribution is -2.32. The van der Waals surface area contributed by atoms with Crippen molar-refractivity contribution in [2.75, 3.05) is 7.05 Å². The predicted octanol–water partition coefficient (Wildman–Crippen LogP) is 4.80. The number of rotatable bonds is 5. The second-order valence-corrected chi connectivity index (χ2v) is 8.58. The Morgan fingerprint density at radius 1 is 0.808 bits per heavy atom. The number of benzene rings is 2. The Bertz CT molecular complexity index is 976. The minimum Gasteiger partial charge on any atom is -0.265 e. The van der Waals surface area contributed by atoms with Crippen LogP contribution in [-0.4, -0.2) is 24.8 Å². The Kier molecular flexibility index (Phi) is 5.63. The molecule has 3 rings (SSSR count). The van der Waals surface area contributed by atoms with Crippen molar-refractivity contribution in [2.45, 2.75) is 10.9 Å². The van der Waals surface area contributed by atoms with Gasteiger partial charge in [0, 0.05) is 29.5 Å². The molecule has 2 aromatic carbocycles. The van der Waals surface area contributed by atoms with Gasteiger partial charge in [0.25, 0.3) is 0 Å². The molecular formula is C19H16Cl2N2O2S. The minimum absolute atomic E-state index is 0.178. The number of nitrogens with zero attached hydrogens (tertiary/aromatic N) is 2. The molecule has 0 fully saturated rings. The molecule has 0 aliphatic carbocycles. The third-order valence-corrected chi connectivity index (χ3v) is 6.40. The van der Waals surface area contributed by atoms with Crippen LogP contribution in [0.1, 0.15) is 17.2 Å². The Hall–Kier alpha value is -1.92. The maximum absolute atomic E-state index is 13.1. The van der Waals surface area contributed by atoms with Crippen LogP contribution in [0.2, 0.25) is 10.0 Å². The fourth-order valence-corrected chi connectivity index (χ4v) is 4.30. The molecule has 0 N–H and O–H groups in total. The number of sulfonamides is 1. The first-order chi connectivity index (χ1) is 12.4. The van der Waals surface area contributed by atoms with E-state index >= 15 is 0 Å². The van der Waals surface area contributed by atoms with Gasteiger partial charge in [-0.1, -0.05) is 35.3 Å². The number of pyridine rings is 1. The van der Waals surface area contributed by atoms with Crippen molar-refractivity contribution in [1.29, 1.82) is 0 Å². The summed E-state index contributed by atoms with van der Waals surface area (Å²) in [6, 6.07) is 16.3. The van der Waals surface area contributed by atoms with Crippen molar-refractivity contribution >= 4 is 33.2 Å². The first-order valence-corrected chi connectivity index (χ1v) is 9.98. The first kappa shape index (κ1) is 18.9. The maximum Gasteiger partial charge on any atom is 0.243 e. The Balaban J connectivity index is 2.09. The highest BCUT2D eigenvalue weighted by molar-refractivity contribution is 7.89. The summed E-state index contributed by atoms with van der Waals surface area (Å²) >= 11 is 11.9. The molecule has 26 heavy (non-hydrogen) atoms. The summed E-state index contributed by atoms with van der Waals surface area (Å²) in [5.41, 5.74) is 1.61. The van der Waals surface area contributed by atoms with E-state index in [1.807, 2.05) is 12.1 Å².